The zero-order valence-corrected chi connectivity index (χ0v) is 10.0. The lowest BCUT2D eigenvalue weighted by atomic mass is 10.1. The molecule has 17 heavy (non-hydrogen) atoms. The second-order valence-corrected chi connectivity index (χ2v) is 5.59. The van der Waals surface area contributed by atoms with Crippen LogP contribution >= 0.6 is 0 Å². The monoisotopic (exact) mass is 256 g/mol. The third-order valence-electron chi connectivity index (χ3n) is 2.26. The van der Waals surface area contributed by atoms with Gasteiger partial charge >= 0.3 is 5.76 Å². The van der Waals surface area contributed by atoms with Crippen LogP contribution in [0.1, 0.15) is 5.56 Å². The molecule has 0 bridgehead atoms. The Balaban J connectivity index is 2.11. The van der Waals surface area contributed by atoms with Crippen molar-refractivity contribution < 1.29 is 12.8 Å². The van der Waals surface area contributed by atoms with Crippen molar-refractivity contribution in [3.8, 4) is 0 Å². The second-order valence-electron chi connectivity index (χ2n) is 3.76. The van der Waals surface area contributed by atoms with Crippen molar-refractivity contribution in [2.45, 2.75) is 6.42 Å². The van der Waals surface area contributed by atoms with Crippen molar-refractivity contribution in [2.75, 3.05) is 12.8 Å². The van der Waals surface area contributed by atoms with E-state index >= 15 is 0 Å². The number of sulfonamides is 1. The maximum absolute atomic E-state index is 10.9. The number of H-pyrrole nitrogens is 1. The maximum atomic E-state index is 10.9. The molecule has 0 radical (unpaired) electrons. The van der Waals surface area contributed by atoms with Crippen molar-refractivity contribution in [3.05, 3.63) is 34.3 Å². The van der Waals surface area contributed by atoms with E-state index in [4.69, 9.17) is 4.42 Å². The molecule has 92 valence electrons. The van der Waals surface area contributed by atoms with E-state index in [1.807, 2.05) is 0 Å². The molecule has 1 heterocycles. The minimum absolute atomic E-state index is 0.326. The molecule has 0 spiro atoms. The fourth-order valence-electron chi connectivity index (χ4n) is 1.54. The summed E-state index contributed by atoms with van der Waals surface area (Å²) in [6.07, 6.45) is 1.67. The number of hydrogen-bond donors (Lipinski definition) is 2. The van der Waals surface area contributed by atoms with Crippen molar-refractivity contribution in [3.63, 3.8) is 0 Å². The standard InChI is InChI=1S/C10H12N2O4S/c1-17(14,15)11-5-4-7-2-3-9-8(6-7)12-10(13)16-9/h2-3,6,11H,4-5H2,1H3,(H,12,13). The molecular formula is C10H12N2O4S. The molecular weight excluding hydrogens is 244 g/mol. The largest absolute Gasteiger partial charge is 0.417 e. The van der Waals surface area contributed by atoms with E-state index in [-0.39, 0.29) is 0 Å². The number of nitrogens with one attached hydrogen (secondary N) is 2. The third kappa shape index (κ3) is 3.18. The van der Waals surface area contributed by atoms with E-state index in [1.165, 1.54) is 0 Å². The predicted octanol–water partition coefficient (Wildman–Crippen LogP) is 0.213. The molecule has 2 aromatic rings. The molecule has 7 heteroatoms. The molecule has 6 nitrogen and oxygen atoms in total. The maximum Gasteiger partial charge on any atom is 0.417 e. The first-order valence-electron chi connectivity index (χ1n) is 5.00. The van der Waals surface area contributed by atoms with Gasteiger partial charge in [0, 0.05) is 6.54 Å². The Hall–Kier alpha value is -1.60. The van der Waals surface area contributed by atoms with Gasteiger partial charge in [0.05, 0.1) is 11.8 Å². The number of hydrogen-bond acceptors (Lipinski definition) is 4. The van der Waals surface area contributed by atoms with Gasteiger partial charge in [0.1, 0.15) is 0 Å². The molecule has 0 saturated heterocycles. The lowest BCUT2D eigenvalue weighted by molar-refractivity contribution is 0.555. The highest BCUT2D eigenvalue weighted by molar-refractivity contribution is 7.88. The molecule has 0 aliphatic heterocycles. The first kappa shape index (κ1) is 11.9. The molecule has 0 unspecified atom stereocenters. The van der Waals surface area contributed by atoms with Crippen LogP contribution < -0.4 is 10.5 Å². The molecule has 0 aliphatic rings. The van der Waals surface area contributed by atoms with Crippen LogP contribution in [0.25, 0.3) is 11.1 Å². The molecule has 0 saturated carbocycles. The summed E-state index contributed by atoms with van der Waals surface area (Å²) < 4.78 is 29.0. The number of aromatic nitrogens is 1. The van der Waals surface area contributed by atoms with Gasteiger partial charge in [-0.05, 0) is 24.1 Å². The normalized spacial score (nSPS) is 12.1. The number of rotatable bonds is 4. The summed E-state index contributed by atoms with van der Waals surface area (Å²) in [5.74, 6) is -0.494. The van der Waals surface area contributed by atoms with Gasteiger partial charge in [-0.1, -0.05) is 6.07 Å². The molecule has 2 rings (SSSR count). The Kier molecular flexibility index (Phi) is 3.03. The van der Waals surface area contributed by atoms with E-state index in [9.17, 15) is 13.2 Å². The van der Waals surface area contributed by atoms with Crippen LogP contribution in [-0.2, 0) is 16.4 Å². The topological polar surface area (TPSA) is 92.2 Å². The number of aromatic amines is 1. The van der Waals surface area contributed by atoms with Crippen LogP contribution in [0.15, 0.2) is 27.4 Å². The first-order valence-corrected chi connectivity index (χ1v) is 6.89. The van der Waals surface area contributed by atoms with Crippen LogP contribution in [0.3, 0.4) is 0 Å². The fourth-order valence-corrected chi connectivity index (χ4v) is 2.01. The Morgan fingerprint density at radius 1 is 1.41 bits per heavy atom. The van der Waals surface area contributed by atoms with Crippen molar-refractivity contribution in [1.29, 1.82) is 0 Å². The summed E-state index contributed by atoms with van der Waals surface area (Å²) in [7, 11) is -3.16. The highest BCUT2D eigenvalue weighted by atomic mass is 32.2. The molecule has 1 aromatic carbocycles. The van der Waals surface area contributed by atoms with E-state index in [2.05, 4.69) is 9.71 Å². The lowest BCUT2D eigenvalue weighted by Crippen LogP contribution is -2.24. The highest BCUT2D eigenvalue weighted by Gasteiger charge is 2.03. The summed E-state index contributed by atoms with van der Waals surface area (Å²) >= 11 is 0. The average molecular weight is 256 g/mol. The number of benzene rings is 1. The predicted molar refractivity (Wildman–Crippen MR) is 63.4 cm³/mol. The SMILES string of the molecule is CS(=O)(=O)NCCc1ccc2oc(=O)[nH]c2c1. The van der Waals surface area contributed by atoms with Crippen LogP contribution in [0.2, 0.25) is 0 Å². The molecule has 0 amide bonds. The van der Waals surface area contributed by atoms with Crippen molar-refractivity contribution >= 4 is 21.1 Å². The van der Waals surface area contributed by atoms with Gasteiger partial charge in [-0.3, -0.25) is 4.98 Å². The Bertz CT molecular complexity index is 684. The number of oxazole rings is 1. The van der Waals surface area contributed by atoms with Gasteiger partial charge in [-0.15, -0.1) is 0 Å². The summed E-state index contributed by atoms with van der Waals surface area (Å²) in [6.45, 7) is 0.326. The quantitative estimate of drug-likeness (QED) is 0.818. The molecule has 0 fully saturated rings. The number of fused-ring (bicyclic) bond motifs is 1. The molecule has 0 atom stereocenters. The van der Waals surface area contributed by atoms with Gasteiger partial charge in [0.25, 0.3) is 0 Å². The van der Waals surface area contributed by atoms with E-state index in [0.29, 0.717) is 24.1 Å². The van der Waals surface area contributed by atoms with Crippen molar-refractivity contribution in [1.82, 2.24) is 9.71 Å². The Morgan fingerprint density at radius 2 is 2.18 bits per heavy atom. The van der Waals surface area contributed by atoms with E-state index in [0.717, 1.165) is 11.8 Å². The average Bonchev–Trinajstić information content (AvgIpc) is 2.55. The van der Waals surface area contributed by atoms with E-state index < -0.39 is 15.8 Å². The summed E-state index contributed by atoms with van der Waals surface area (Å²) in [5, 5.41) is 0. The third-order valence-corrected chi connectivity index (χ3v) is 2.99. The molecule has 2 N–H and O–H groups in total. The summed E-state index contributed by atoms with van der Waals surface area (Å²) in [5.41, 5.74) is 2.03. The van der Waals surface area contributed by atoms with Crippen molar-refractivity contribution in [2.24, 2.45) is 0 Å². The smallest absolute Gasteiger partial charge is 0.408 e. The van der Waals surface area contributed by atoms with E-state index in [1.54, 1.807) is 18.2 Å². The summed E-state index contributed by atoms with van der Waals surface area (Å²) in [4.78, 5) is 13.5. The van der Waals surface area contributed by atoms with Gasteiger partial charge in [-0.2, -0.15) is 0 Å². The first-order chi connectivity index (χ1) is 7.94. The van der Waals surface area contributed by atoms with Gasteiger partial charge < -0.3 is 4.42 Å². The van der Waals surface area contributed by atoms with Gasteiger partial charge in [0.2, 0.25) is 10.0 Å². The Morgan fingerprint density at radius 3 is 2.88 bits per heavy atom. The lowest BCUT2D eigenvalue weighted by Gasteiger charge is -2.02. The zero-order valence-electron chi connectivity index (χ0n) is 9.19. The van der Waals surface area contributed by atoms with Crippen LogP contribution in [0, 0.1) is 0 Å². The second kappa shape index (κ2) is 4.34. The molecule has 0 aliphatic carbocycles. The van der Waals surface area contributed by atoms with Crippen LogP contribution in [0.4, 0.5) is 0 Å². The highest BCUT2D eigenvalue weighted by Crippen LogP contribution is 2.12. The van der Waals surface area contributed by atoms with Gasteiger partial charge in [-0.25, -0.2) is 17.9 Å². The molecule has 1 aromatic heterocycles. The van der Waals surface area contributed by atoms with Crippen LogP contribution in [0.5, 0.6) is 0 Å². The van der Waals surface area contributed by atoms with Gasteiger partial charge in [0.15, 0.2) is 5.58 Å². The zero-order chi connectivity index (χ0) is 12.5. The fraction of sp³-hybridized carbons (Fsp3) is 0.300. The summed E-state index contributed by atoms with van der Waals surface area (Å²) in [6, 6.07) is 5.25. The minimum Gasteiger partial charge on any atom is -0.408 e. The Labute approximate surface area is 97.7 Å². The van der Waals surface area contributed by atoms with Crippen LogP contribution in [-0.4, -0.2) is 26.2 Å². The minimum atomic E-state index is -3.16.